The monoisotopic (exact) mass is 406 g/mol. The third-order valence-corrected chi connectivity index (χ3v) is 6.56. The molecule has 27 heavy (non-hydrogen) atoms. The van der Waals surface area contributed by atoms with Crippen LogP contribution in [0.15, 0.2) is 42.5 Å². The van der Waals surface area contributed by atoms with Crippen molar-refractivity contribution in [3.8, 4) is 0 Å². The van der Waals surface area contributed by atoms with Crippen LogP contribution in [0.3, 0.4) is 0 Å². The smallest absolute Gasteiger partial charge is 0.257 e. The van der Waals surface area contributed by atoms with E-state index in [1.165, 1.54) is 23.4 Å². The van der Waals surface area contributed by atoms with Crippen LogP contribution in [0.25, 0.3) is 0 Å². The summed E-state index contributed by atoms with van der Waals surface area (Å²) < 4.78 is 25.9. The van der Waals surface area contributed by atoms with Gasteiger partial charge in [-0.25, -0.2) is 8.42 Å². The number of rotatable bonds is 4. The van der Waals surface area contributed by atoms with Crippen LogP contribution in [0, 0.1) is 0 Å². The highest BCUT2D eigenvalue weighted by Crippen LogP contribution is 2.28. The summed E-state index contributed by atoms with van der Waals surface area (Å²) in [4.78, 5) is 24.2. The minimum atomic E-state index is -3.38. The van der Waals surface area contributed by atoms with Crippen LogP contribution >= 0.6 is 11.6 Å². The molecule has 2 aromatic rings. The summed E-state index contributed by atoms with van der Waals surface area (Å²) in [5.41, 5.74) is 1.52. The Balaban J connectivity index is 1.89. The molecule has 6 nitrogen and oxygen atoms in total. The van der Waals surface area contributed by atoms with Crippen molar-refractivity contribution < 1.29 is 18.0 Å². The third kappa shape index (κ3) is 4.31. The lowest BCUT2D eigenvalue weighted by atomic mass is 10.1. The van der Waals surface area contributed by atoms with Gasteiger partial charge in [-0.05, 0) is 50.1 Å². The lowest BCUT2D eigenvalue weighted by molar-refractivity contribution is 0.101. The van der Waals surface area contributed by atoms with Crippen LogP contribution in [0.4, 0.5) is 11.4 Å². The highest BCUT2D eigenvalue weighted by Gasteiger charge is 2.27. The van der Waals surface area contributed by atoms with Crippen molar-refractivity contribution in [2.45, 2.75) is 19.8 Å². The van der Waals surface area contributed by atoms with Crippen molar-refractivity contribution in [3.63, 3.8) is 0 Å². The summed E-state index contributed by atoms with van der Waals surface area (Å²) in [5, 5.41) is 2.92. The summed E-state index contributed by atoms with van der Waals surface area (Å²) in [6.45, 7) is 1.83. The van der Waals surface area contributed by atoms with Crippen LogP contribution in [0.5, 0.6) is 0 Å². The average Bonchev–Trinajstić information content (AvgIpc) is 2.62. The van der Waals surface area contributed by atoms with E-state index in [1.54, 1.807) is 30.3 Å². The molecule has 1 heterocycles. The van der Waals surface area contributed by atoms with Crippen molar-refractivity contribution in [2.24, 2.45) is 0 Å². The normalized spacial score (nSPS) is 16.0. The van der Waals surface area contributed by atoms with Gasteiger partial charge in [-0.1, -0.05) is 23.7 Å². The fraction of sp³-hybridized carbons (Fsp3) is 0.263. The van der Waals surface area contributed by atoms with Gasteiger partial charge >= 0.3 is 0 Å². The van der Waals surface area contributed by atoms with Crippen molar-refractivity contribution in [2.75, 3.05) is 21.9 Å². The topological polar surface area (TPSA) is 83.6 Å². The Morgan fingerprint density at radius 1 is 1.11 bits per heavy atom. The van der Waals surface area contributed by atoms with E-state index in [1.807, 2.05) is 0 Å². The number of sulfonamides is 1. The summed E-state index contributed by atoms with van der Waals surface area (Å²) in [6.07, 6.45) is 1.40. The Morgan fingerprint density at radius 3 is 2.59 bits per heavy atom. The van der Waals surface area contributed by atoms with Gasteiger partial charge in [0.15, 0.2) is 5.78 Å². The Kier molecular flexibility index (Phi) is 5.53. The van der Waals surface area contributed by atoms with Crippen LogP contribution in [-0.4, -0.2) is 32.4 Å². The molecule has 1 fully saturated rings. The van der Waals surface area contributed by atoms with Gasteiger partial charge in [-0.15, -0.1) is 0 Å². The predicted octanol–water partition coefficient (Wildman–Crippen LogP) is 3.72. The van der Waals surface area contributed by atoms with E-state index in [0.29, 0.717) is 29.9 Å². The molecule has 0 atom stereocenters. The average molecular weight is 407 g/mol. The van der Waals surface area contributed by atoms with E-state index in [4.69, 9.17) is 11.6 Å². The molecule has 0 radical (unpaired) electrons. The van der Waals surface area contributed by atoms with E-state index >= 15 is 0 Å². The molecule has 3 rings (SSSR count). The molecule has 2 aromatic carbocycles. The van der Waals surface area contributed by atoms with E-state index in [-0.39, 0.29) is 22.1 Å². The first-order chi connectivity index (χ1) is 12.8. The largest absolute Gasteiger partial charge is 0.322 e. The number of halogens is 1. The minimum Gasteiger partial charge on any atom is -0.322 e. The molecule has 1 aliphatic heterocycles. The van der Waals surface area contributed by atoms with Crippen molar-refractivity contribution in [1.82, 2.24) is 0 Å². The second kappa shape index (κ2) is 7.70. The molecule has 142 valence electrons. The number of ketones is 1. The minimum absolute atomic E-state index is 0.0923. The number of hydrogen-bond donors (Lipinski definition) is 1. The van der Waals surface area contributed by atoms with Gasteiger partial charge in [0.2, 0.25) is 10.0 Å². The Hall–Kier alpha value is -2.38. The van der Waals surface area contributed by atoms with Crippen molar-refractivity contribution in [1.29, 1.82) is 0 Å². The quantitative estimate of drug-likeness (QED) is 0.784. The number of carbonyl (C=O) groups is 2. The summed E-state index contributed by atoms with van der Waals surface area (Å²) >= 11 is 6.17. The molecular formula is C19H19ClN2O4S. The Labute approximate surface area is 163 Å². The summed E-state index contributed by atoms with van der Waals surface area (Å²) in [5.74, 6) is -0.493. The van der Waals surface area contributed by atoms with Crippen molar-refractivity contribution in [3.05, 3.63) is 58.6 Å². The zero-order chi connectivity index (χ0) is 19.6. The second-order valence-electron chi connectivity index (χ2n) is 6.35. The van der Waals surface area contributed by atoms with Gasteiger partial charge in [0, 0.05) is 17.8 Å². The zero-order valence-corrected chi connectivity index (χ0v) is 16.3. The number of nitrogens with zero attached hydrogens (tertiary/aromatic N) is 1. The Bertz CT molecular complexity index is 1000. The van der Waals surface area contributed by atoms with Crippen LogP contribution in [0.2, 0.25) is 5.02 Å². The fourth-order valence-corrected chi connectivity index (χ4v) is 4.77. The number of nitrogens with one attached hydrogen (secondary N) is 1. The van der Waals surface area contributed by atoms with Gasteiger partial charge in [0.25, 0.3) is 5.91 Å². The zero-order valence-electron chi connectivity index (χ0n) is 14.7. The molecule has 0 bridgehead atoms. The van der Waals surface area contributed by atoms with Crippen LogP contribution in [-0.2, 0) is 10.0 Å². The molecule has 1 amide bonds. The number of hydrogen-bond acceptors (Lipinski definition) is 4. The van der Waals surface area contributed by atoms with Gasteiger partial charge in [0.05, 0.1) is 22.0 Å². The molecule has 0 saturated carbocycles. The SMILES string of the molecule is CC(=O)c1cccc(NC(=O)c2cc(N3CCCCS3(=O)=O)ccc2Cl)c1. The van der Waals surface area contributed by atoms with Crippen LogP contribution < -0.4 is 9.62 Å². The summed E-state index contributed by atoms with van der Waals surface area (Å²) in [7, 11) is -3.38. The molecular weight excluding hydrogens is 388 g/mol. The number of carbonyl (C=O) groups excluding carboxylic acids is 2. The number of amides is 1. The maximum Gasteiger partial charge on any atom is 0.257 e. The van der Waals surface area contributed by atoms with Gasteiger partial charge in [-0.3, -0.25) is 13.9 Å². The first-order valence-corrected chi connectivity index (χ1v) is 10.5. The van der Waals surface area contributed by atoms with E-state index in [2.05, 4.69) is 5.32 Å². The summed E-state index contributed by atoms with van der Waals surface area (Å²) in [6, 6.07) is 11.2. The number of Topliss-reactive ketones (excluding diaryl/α,β-unsaturated/α-hetero) is 1. The molecule has 1 aliphatic rings. The van der Waals surface area contributed by atoms with Gasteiger partial charge < -0.3 is 5.32 Å². The molecule has 1 saturated heterocycles. The maximum absolute atomic E-state index is 12.7. The molecule has 0 unspecified atom stereocenters. The fourth-order valence-electron chi connectivity index (χ4n) is 2.94. The van der Waals surface area contributed by atoms with Crippen LogP contribution in [0.1, 0.15) is 40.5 Å². The molecule has 0 aromatic heterocycles. The number of benzene rings is 2. The Morgan fingerprint density at radius 2 is 1.89 bits per heavy atom. The molecule has 0 spiro atoms. The standard InChI is InChI=1S/C19H19ClN2O4S/c1-13(23)14-5-4-6-15(11-14)21-19(24)17-12-16(7-8-18(17)20)22-9-2-3-10-27(22,25)26/h4-8,11-12H,2-3,9-10H2,1H3,(H,21,24). The van der Waals surface area contributed by atoms with E-state index in [9.17, 15) is 18.0 Å². The second-order valence-corrected chi connectivity index (χ2v) is 8.77. The highest BCUT2D eigenvalue weighted by molar-refractivity contribution is 7.92. The first-order valence-electron chi connectivity index (χ1n) is 8.50. The maximum atomic E-state index is 12.7. The molecule has 1 N–H and O–H groups in total. The molecule has 8 heteroatoms. The number of anilines is 2. The molecule has 0 aliphatic carbocycles. The van der Waals surface area contributed by atoms with Gasteiger partial charge in [0.1, 0.15) is 0 Å². The lowest BCUT2D eigenvalue weighted by Gasteiger charge is -2.28. The van der Waals surface area contributed by atoms with E-state index < -0.39 is 15.9 Å². The highest BCUT2D eigenvalue weighted by atomic mass is 35.5. The predicted molar refractivity (Wildman–Crippen MR) is 106 cm³/mol. The van der Waals surface area contributed by atoms with E-state index in [0.717, 1.165) is 6.42 Å². The van der Waals surface area contributed by atoms with Gasteiger partial charge in [-0.2, -0.15) is 0 Å². The third-order valence-electron chi connectivity index (χ3n) is 4.36. The first kappa shape index (κ1) is 19.4. The van der Waals surface area contributed by atoms with Crippen molar-refractivity contribution >= 4 is 44.7 Å². The lowest BCUT2D eigenvalue weighted by Crippen LogP contribution is -2.38.